The lowest BCUT2D eigenvalue weighted by Gasteiger charge is -2.04. The summed E-state index contributed by atoms with van der Waals surface area (Å²) in [7, 11) is 2.00. The van der Waals surface area contributed by atoms with Crippen molar-refractivity contribution in [3.63, 3.8) is 0 Å². The number of nitrogens with zero attached hydrogens (tertiary/aromatic N) is 3. The highest BCUT2D eigenvalue weighted by atomic mass is 32.2. The molecular weight excluding hydrogens is 242 g/mol. The number of benzene rings is 2. The van der Waals surface area contributed by atoms with Crippen molar-refractivity contribution in [3.8, 4) is 11.4 Å². The number of thioether (sulfide) groups is 1. The number of aromatic nitrogens is 3. The Hall–Kier alpha value is -1.81. The molecule has 0 saturated carbocycles. The number of hydrogen-bond acceptors (Lipinski definition) is 3. The Kier molecular flexibility index (Phi) is 2.80. The van der Waals surface area contributed by atoms with Crippen LogP contribution < -0.4 is 0 Å². The first kappa shape index (κ1) is 11.3. The lowest BCUT2D eigenvalue weighted by atomic mass is 10.1. The Labute approximate surface area is 110 Å². The van der Waals surface area contributed by atoms with Crippen LogP contribution in [0, 0.1) is 0 Å². The summed E-state index contributed by atoms with van der Waals surface area (Å²) >= 11 is 1.60. The minimum Gasteiger partial charge on any atom is -0.305 e. The molecule has 3 aromatic rings. The lowest BCUT2D eigenvalue weighted by Crippen LogP contribution is -1.94. The Morgan fingerprint density at radius 1 is 1.00 bits per heavy atom. The zero-order chi connectivity index (χ0) is 12.5. The van der Waals surface area contributed by atoms with E-state index in [0.717, 1.165) is 16.5 Å². The summed E-state index contributed by atoms with van der Waals surface area (Å²) in [6.45, 7) is 0. The van der Waals surface area contributed by atoms with Gasteiger partial charge in [-0.05, 0) is 23.1 Å². The Morgan fingerprint density at radius 3 is 2.50 bits per heavy atom. The molecule has 0 saturated heterocycles. The molecule has 0 spiro atoms. The first-order valence-corrected chi connectivity index (χ1v) is 6.94. The van der Waals surface area contributed by atoms with Crippen molar-refractivity contribution < 1.29 is 0 Å². The van der Waals surface area contributed by atoms with Crippen molar-refractivity contribution >= 4 is 22.5 Å². The molecule has 90 valence electrons. The van der Waals surface area contributed by atoms with Gasteiger partial charge in [0.25, 0.3) is 0 Å². The summed E-state index contributed by atoms with van der Waals surface area (Å²) < 4.78 is 2.02. The van der Waals surface area contributed by atoms with Gasteiger partial charge in [0.05, 0.1) is 0 Å². The summed E-state index contributed by atoms with van der Waals surface area (Å²) in [6.07, 6.45) is 2.01. The molecule has 4 heteroatoms. The summed E-state index contributed by atoms with van der Waals surface area (Å²) in [4.78, 5) is 0. The molecule has 0 fully saturated rings. The Bertz CT molecular complexity index is 703. The van der Waals surface area contributed by atoms with Crippen LogP contribution >= 0.6 is 11.8 Å². The van der Waals surface area contributed by atoms with Gasteiger partial charge in [-0.3, -0.25) is 0 Å². The molecule has 0 unspecified atom stereocenters. The Balaban J connectivity index is 2.16. The zero-order valence-electron chi connectivity index (χ0n) is 10.3. The monoisotopic (exact) mass is 255 g/mol. The van der Waals surface area contributed by atoms with Gasteiger partial charge in [0.1, 0.15) is 0 Å². The van der Waals surface area contributed by atoms with Crippen molar-refractivity contribution in [2.75, 3.05) is 6.26 Å². The van der Waals surface area contributed by atoms with Gasteiger partial charge in [0.15, 0.2) is 11.0 Å². The fourth-order valence-electron chi connectivity index (χ4n) is 2.07. The molecule has 0 aliphatic heterocycles. The molecule has 1 heterocycles. The van der Waals surface area contributed by atoms with Crippen molar-refractivity contribution in [2.45, 2.75) is 5.16 Å². The van der Waals surface area contributed by atoms with Gasteiger partial charge in [-0.2, -0.15) is 0 Å². The van der Waals surface area contributed by atoms with Crippen LogP contribution in [-0.2, 0) is 7.05 Å². The van der Waals surface area contributed by atoms with E-state index in [1.54, 1.807) is 11.8 Å². The van der Waals surface area contributed by atoms with Crippen LogP contribution in [0.1, 0.15) is 0 Å². The molecule has 0 N–H and O–H groups in total. The minimum atomic E-state index is 0.908. The van der Waals surface area contributed by atoms with E-state index in [1.165, 1.54) is 10.8 Å². The first-order valence-electron chi connectivity index (χ1n) is 5.72. The van der Waals surface area contributed by atoms with E-state index in [9.17, 15) is 0 Å². The average Bonchev–Trinajstić information content (AvgIpc) is 2.79. The number of rotatable bonds is 2. The SMILES string of the molecule is CSc1nnc(-c2ccc3ccccc3c2)n1C. The van der Waals surface area contributed by atoms with Crippen molar-refractivity contribution in [1.29, 1.82) is 0 Å². The molecule has 1 aromatic heterocycles. The van der Waals surface area contributed by atoms with E-state index < -0.39 is 0 Å². The molecule has 0 aliphatic carbocycles. The fourth-order valence-corrected chi connectivity index (χ4v) is 2.56. The van der Waals surface area contributed by atoms with Crippen LogP contribution in [0.5, 0.6) is 0 Å². The third-order valence-electron chi connectivity index (χ3n) is 3.03. The molecule has 0 atom stereocenters. The van der Waals surface area contributed by atoms with Crippen LogP contribution in [0.2, 0.25) is 0 Å². The molecule has 0 radical (unpaired) electrons. The van der Waals surface area contributed by atoms with Crippen LogP contribution in [-0.4, -0.2) is 21.0 Å². The Morgan fingerprint density at radius 2 is 1.78 bits per heavy atom. The van der Waals surface area contributed by atoms with Crippen LogP contribution in [0.3, 0.4) is 0 Å². The highest BCUT2D eigenvalue weighted by Gasteiger charge is 2.09. The predicted molar refractivity (Wildman–Crippen MR) is 75.7 cm³/mol. The molecular formula is C14H13N3S. The normalized spacial score (nSPS) is 11.0. The highest BCUT2D eigenvalue weighted by Crippen LogP contribution is 2.24. The number of hydrogen-bond donors (Lipinski definition) is 0. The molecule has 3 rings (SSSR count). The van der Waals surface area contributed by atoms with Gasteiger partial charge in [-0.25, -0.2) is 0 Å². The molecule has 3 nitrogen and oxygen atoms in total. The average molecular weight is 255 g/mol. The van der Waals surface area contributed by atoms with Crippen molar-refractivity contribution in [2.24, 2.45) is 7.05 Å². The number of fused-ring (bicyclic) bond motifs is 1. The second-order valence-corrected chi connectivity index (χ2v) is 4.90. The van der Waals surface area contributed by atoms with E-state index >= 15 is 0 Å². The first-order chi connectivity index (χ1) is 8.79. The van der Waals surface area contributed by atoms with Gasteiger partial charge >= 0.3 is 0 Å². The predicted octanol–water partition coefficient (Wildman–Crippen LogP) is 3.36. The van der Waals surface area contributed by atoms with Crippen LogP contribution in [0.15, 0.2) is 47.6 Å². The highest BCUT2D eigenvalue weighted by molar-refractivity contribution is 7.98. The maximum atomic E-state index is 4.26. The maximum absolute atomic E-state index is 4.26. The topological polar surface area (TPSA) is 30.7 Å². The molecule has 0 aliphatic rings. The second kappa shape index (κ2) is 4.46. The quantitative estimate of drug-likeness (QED) is 0.658. The minimum absolute atomic E-state index is 0.908. The van der Waals surface area contributed by atoms with Crippen molar-refractivity contribution in [1.82, 2.24) is 14.8 Å². The van der Waals surface area contributed by atoms with Gasteiger partial charge in [0, 0.05) is 12.6 Å². The molecule has 2 aromatic carbocycles. The molecule has 0 amide bonds. The fraction of sp³-hybridized carbons (Fsp3) is 0.143. The maximum Gasteiger partial charge on any atom is 0.190 e. The summed E-state index contributed by atoms with van der Waals surface area (Å²) in [5.74, 6) is 0.908. The second-order valence-electron chi connectivity index (χ2n) is 4.13. The third-order valence-corrected chi connectivity index (χ3v) is 3.75. The third kappa shape index (κ3) is 1.78. The smallest absolute Gasteiger partial charge is 0.190 e. The van der Waals surface area contributed by atoms with E-state index in [1.807, 2.05) is 17.9 Å². The summed E-state index contributed by atoms with van der Waals surface area (Å²) in [6, 6.07) is 14.7. The summed E-state index contributed by atoms with van der Waals surface area (Å²) in [5, 5.41) is 11.8. The largest absolute Gasteiger partial charge is 0.305 e. The molecule has 0 bridgehead atoms. The van der Waals surface area contributed by atoms with Crippen molar-refractivity contribution in [3.05, 3.63) is 42.5 Å². The zero-order valence-corrected chi connectivity index (χ0v) is 11.1. The van der Waals surface area contributed by atoms with Gasteiger partial charge in [-0.15, -0.1) is 10.2 Å². The lowest BCUT2D eigenvalue weighted by molar-refractivity contribution is 0.795. The van der Waals surface area contributed by atoms with Crippen LogP contribution in [0.4, 0.5) is 0 Å². The van der Waals surface area contributed by atoms with Gasteiger partial charge in [-0.1, -0.05) is 48.2 Å². The summed E-state index contributed by atoms with van der Waals surface area (Å²) in [5.41, 5.74) is 1.10. The van der Waals surface area contributed by atoms with Crippen LogP contribution in [0.25, 0.3) is 22.2 Å². The van der Waals surface area contributed by atoms with E-state index in [0.29, 0.717) is 0 Å². The van der Waals surface area contributed by atoms with Gasteiger partial charge in [0.2, 0.25) is 0 Å². The van der Waals surface area contributed by atoms with Gasteiger partial charge < -0.3 is 4.57 Å². The van der Waals surface area contributed by atoms with E-state index in [-0.39, 0.29) is 0 Å². The van der Waals surface area contributed by atoms with E-state index in [2.05, 4.69) is 52.7 Å². The standard InChI is InChI=1S/C14H13N3S/c1-17-13(15-16-14(17)18-2)12-8-7-10-5-3-4-6-11(10)9-12/h3-9H,1-2H3. The molecule has 18 heavy (non-hydrogen) atoms. The van der Waals surface area contributed by atoms with E-state index in [4.69, 9.17) is 0 Å².